The lowest BCUT2D eigenvalue weighted by Crippen LogP contribution is -2.38. The Morgan fingerprint density at radius 1 is 1.30 bits per heavy atom. The van der Waals surface area contributed by atoms with Gasteiger partial charge in [-0.05, 0) is 26.7 Å². The smallest absolute Gasteiger partial charge is 0.191 e. The number of rotatable bonds is 3. The standard InChI is InChI=1S/C15H26N4O/c1-11(14-12(2)18-20-13(14)3)10-17-15(16)19-8-6-4-5-7-9-19/h11H,4-10H2,1-3H3,(H2,16,17). The van der Waals surface area contributed by atoms with E-state index < -0.39 is 0 Å². The fourth-order valence-electron chi connectivity index (χ4n) is 2.92. The molecule has 5 heteroatoms. The van der Waals surface area contributed by atoms with E-state index in [1.807, 2.05) is 13.8 Å². The number of guanidine groups is 1. The van der Waals surface area contributed by atoms with Gasteiger partial charge >= 0.3 is 0 Å². The van der Waals surface area contributed by atoms with Crippen LogP contribution in [0.15, 0.2) is 9.52 Å². The highest BCUT2D eigenvalue weighted by Gasteiger charge is 2.17. The summed E-state index contributed by atoms with van der Waals surface area (Å²) in [6.07, 6.45) is 5.05. The predicted octanol–water partition coefficient (Wildman–Crippen LogP) is 2.59. The molecule has 1 aromatic heterocycles. The largest absolute Gasteiger partial charge is 0.370 e. The summed E-state index contributed by atoms with van der Waals surface area (Å²) in [6, 6.07) is 0. The molecule has 0 spiro atoms. The number of aromatic nitrogens is 1. The van der Waals surface area contributed by atoms with Gasteiger partial charge in [0, 0.05) is 31.1 Å². The van der Waals surface area contributed by atoms with Gasteiger partial charge in [0.25, 0.3) is 0 Å². The van der Waals surface area contributed by atoms with Crippen molar-refractivity contribution in [3.05, 3.63) is 17.0 Å². The lowest BCUT2D eigenvalue weighted by molar-refractivity contribution is 0.391. The number of nitrogens with two attached hydrogens (primary N) is 1. The Balaban J connectivity index is 1.97. The minimum atomic E-state index is 0.284. The SMILES string of the molecule is Cc1noc(C)c1C(C)CN=C(N)N1CCCCCC1. The zero-order valence-corrected chi connectivity index (χ0v) is 12.9. The van der Waals surface area contributed by atoms with Gasteiger partial charge in [-0.25, -0.2) is 0 Å². The monoisotopic (exact) mass is 278 g/mol. The van der Waals surface area contributed by atoms with Gasteiger partial charge in [-0.1, -0.05) is 24.9 Å². The molecule has 0 aromatic carbocycles. The van der Waals surface area contributed by atoms with E-state index in [9.17, 15) is 0 Å². The molecule has 1 saturated heterocycles. The molecule has 0 bridgehead atoms. The summed E-state index contributed by atoms with van der Waals surface area (Å²) >= 11 is 0. The van der Waals surface area contributed by atoms with E-state index in [1.165, 1.54) is 25.7 Å². The maximum atomic E-state index is 6.13. The number of nitrogens with zero attached hydrogens (tertiary/aromatic N) is 3. The topological polar surface area (TPSA) is 67.6 Å². The van der Waals surface area contributed by atoms with Crippen LogP contribution >= 0.6 is 0 Å². The van der Waals surface area contributed by atoms with Crippen LogP contribution in [0.2, 0.25) is 0 Å². The maximum absolute atomic E-state index is 6.13. The van der Waals surface area contributed by atoms with Crippen LogP contribution in [0.4, 0.5) is 0 Å². The average molecular weight is 278 g/mol. The van der Waals surface area contributed by atoms with E-state index in [2.05, 4.69) is 22.0 Å². The Labute approximate surface area is 121 Å². The molecule has 0 amide bonds. The van der Waals surface area contributed by atoms with Crippen LogP contribution in [0.1, 0.15) is 55.5 Å². The van der Waals surface area contributed by atoms with E-state index >= 15 is 0 Å². The molecule has 112 valence electrons. The lowest BCUT2D eigenvalue weighted by Gasteiger charge is -2.21. The number of likely N-dealkylation sites (tertiary alicyclic amines) is 1. The second kappa shape index (κ2) is 6.77. The van der Waals surface area contributed by atoms with Gasteiger partial charge in [0.1, 0.15) is 5.76 Å². The molecule has 1 fully saturated rings. The van der Waals surface area contributed by atoms with Crippen LogP contribution in [0, 0.1) is 13.8 Å². The van der Waals surface area contributed by atoms with E-state index in [-0.39, 0.29) is 5.92 Å². The molecule has 1 aliphatic heterocycles. The van der Waals surface area contributed by atoms with Crippen molar-refractivity contribution in [1.29, 1.82) is 0 Å². The molecule has 1 aliphatic rings. The number of hydrogen-bond acceptors (Lipinski definition) is 3. The Hall–Kier alpha value is -1.52. The summed E-state index contributed by atoms with van der Waals surface area (Å²) in [5.41, 5.74) is 8.25. The lowest BCUT2D eigenvalue weighted by atomic mass is 10.00. The Bertz CT molecular complexity index is 439. The Morgan fingerprint density at radius 3 is 2.50 bits per heavy atom. The summed E-state index contributed by atoms with van der Waals surface area (Å²) in [5, 5.41) is 4.00. The van der Waals surface area contributed by atoms with E-state index in [0.717, 1.165) is 30.1 Å². The normalized spacial score (nSPS) is 18.9. The van der Waals surface area contributed by atoms with Crippen LogP contribution < -0.4 is 5.73 Å². The fraction of sp³-hybridized carbons (Fsp3) is 0.733. The molecule has 2 heterocycles. The summed E-state index contributed by atoms with van der Waals surface area (Å²) in [4.78, 5) is 6.79. The van der Waals surface area contributed by atoms with Gasteiger partial charge in [-0.2, -0.15) is 0 Å². The summed E-state index contributed by atoms with van der Waals surface area (Å²) in [6.45, 7) is 8.83. The van der Waals surface area contributed by atoms with Gasteiger partial charge in [-0.15, -0.1) is 0 Å². The van der Waals surface area contributed by atoms with E-state index in [4.69, 9.17) is 10.3 Å². The molecule has 20 heavy (non-hydrogen) atoms. The van der Waals surface area contributed by atoms with E-state index in [0.29, 0.717) is 12.5 Å². The van der Waals surface area contributed by atoms with Gasteiger partial charge in [-0.3, -0.25) is 4.99 Å². The van der Waals surface area contributed by atoms with Crippen molar-refractivity contribution in [3.8, 4) is 0 Å². The van der Waals surface area contributed by atoms with Crippen LogP contribution in [-0.4, -0.2) is 35.7 Å². The number of aliphatic imine (C=N–C) groups is 1. The van der Waals surface area contributed by atoms with Gasteiger partial charge < -0.3 is 15.2 Å². The second-order valence-electron chi connectivity index (χ2n) is 5.74. The number of aryl methyl sites for hydroxylation is 2. The van der Waals surface area contributed by atoms with Gasteiger partial charge in [0.05, 0.1) is 5.69 Å². The molecule has 0 radical (unpaired) electrons. The quantitative estimate of drug-likeness (QED) is 0.681. The van der Waals surface area contributed by atoms with Crippen molar-refractivity contribution in [1.82, 2.24) is 10.1 Å². The molecule has 0 saturated carbocycles. The highest BCUT2D eigenvalue weighted by Crippen LogP contribution is 2.23. The zero-order chi connectivity index (χ0) is 14.5. The average Bonchev–Trinajstić information content (AvgIpc) is 2.66. The third-order valence-corrected chi connectivity index (χ3v) is 4.04. The van der Waals surface area contributed by atoms with Gasteiger partial charge in [0.15, 0.2) is 5.96 Å². The molecular formula is C15H26N4O. The first-order valence-corrected chi connectivity index (χ1v) is 7.57. The van der Waals surface area contributed by atoms with E-state index in [1.54, 1.807) is 0 Å². The maximum Gasteiger partial charge on any atom is 0.191 e. The second-order valence-corrected chi connectivity index (χ2v) is 5.74. The van der Waals surface area contributed by atoms with Crippen molar-refractivity contribution in [2.24, 2.45) is 10.7 Å². The van der Waals surface area contributed by atoms with Crippen molar-refractivity contribution in [2.45, 2.75) is 52.4 Å². The zero-order valence-electron chi connectivity index (χ0n) is 12.9. The van der Waals surface area contributed by atoms with Crippen LogP contribution in [0.25, 0.3) is 0 Å². The summed E-state index contributed by atoms with van der Waals surface area (Å²) in [5.74, 6) is 1.86. The van der Waals surface area contributed by atoms with Crippen molar-refractivity contribution < 1.29 is 4.52 Å². The first-order valence-electron chi connectivity index (χ1n) is 7.57. The molecular weight excluding hydrogens is 252 g/mol. The van der Waals surface area contributed by atoms with Crippen LogP contribution in [-0.2, 0) is 0 Å². The van der Waals surface area contributed by atoms with Crippen LogP contribution in [0.5, 0.6) is 0 Å². The Kier molecular flexibility index (Phi) is 5.04. The summed E-state index contributed by atoms with van der Waals surface area (Å²) in [7, 11) is 0. The molecule has 1 unspecified atom stereocenters. The van der Waals surface area contributed by atoms with Crippen molar-refractivity contribution >= 4 is 5.96 Å². The molecule has 1 atom stereocenters. The third-order valence-electron chi connectivity index (χ3n) is 4.04. The summed E-state index contributed by atoms with van der Waals surface area (Å²) < 4.78 is 5.22. The first-order chi connectivity index (χ1) is 9.59. The van der Waals surface area contributed by atoms with Crippen molar-refractivity contribution in [2.75, 3.05) is 19.6 Å². The first kappa shape index (κ1) is 14.9. The molecule has 5 nitrogen and oxygen atoms in total. The minimum Gasteiger partial charge on any atom is -0.370 e. The van der Waals surface area contributed by atoms with Crippen molar-refractivity contribution in [3.63, 3.8) is 0 Å². The predicted molar refractivity (Wildman–Crippen MR) is 80.9 cm³/mol. The molecule has 0 aliphatic carbocycles. The van der Waals surface area contributed by atoms with Crippen LogP contribution in [0.3, 0.4) is 0 Å². The highest BCUT2D eigenvalue weighted by molar-refractivity contribution is 5.78. The highest BCUT2D eigenvalue weighted by atomic mass is 16.5. The molecule has 1 aromatic rings. The molecule has 2 N–H and O–H groups in total. The Morgan fingerprint density at radius 2 is 1.95 bits per heavy atom. The number of hydrogen-bond donors (Lipinski definition) is 1. The fourth-order valence-corrected chi connectivity index (χ4v) is 2.92. The minimum absolute atomic E-state index is 0.284. The third kappa shape index (κ3) is 3.52. The molecule has 2 rings (SSSR count). The van der Waals surface area contributed by atoms with Gasteiger partial charge in [0.2, 0.25) is 0 Å².